The van der Waals surface area contributed by atoms with E-state index in [2.05, 4.69) is 30.1 Å². The highest BCUT2D eigenvalue weighted by atomic mass is 16.5. The molecule has 0 aromatic carbocycles. The molecule has 1 saturated heterocycles. The lowest BCUT2D eigenvalue weighted by Gasteiger charge is -2.22. The van der Waals surface area contributed by atoms with E-state index in [0.29, 0.717) is 24.3 Å². The van der Waals surface area contributed by atoms with E-state index in [1.54, 1.807) is 18.9 Å². The normalized spacial score (nSPS) is 18.5. The maximum absolute atomic E-state index is 5.39. The van der Waals surface area contributed by atoms with Crippen molar-refractivity contribution in [2.24, 2.45) is 0 Å². The van der Waals surface area contributed by atoms with E-state index < -0.39 is 0 Å². The van der Waals surface area contributed by atoms with Gasteiger partial charge in [0.25, 0.3) is 0 Å². The summed E-state index contributed by atoms with van der Waals surface area (Å²) in [5.41, 5.74) is 0.725. The van der Waals surface area contributed by atoms with Crippen molar-refractivity contribution >= 4 is 0 Å². The van der Waals surface area contributed by atoms with Gasteiger partial charge < -0.3 is 4.52 Å². The maximum Gasteiger partial charge on any atom is 0.241 e. The lowest BCUT2D eigenvalue weighted by Crippen LogP contribution is -2.32. The molecule has 0 saturated carbocycles. The van der Waals surface area contributed by atoms with Gasteiger partial charge in [-0.1, -0.05) is 11.2 Å². The minimum Gasteiger partial charge on any atom is -0.337 e. The summed E-state index contributed by atoms with van der Waals surface area (Å²) in [5, 5.41) is 8.21. The SMILES string of the molecule is c1ccc(-c2noc(CN3CCC[C@@H]3Cn3cncn3)n2)nc1. The molecule has 8 nitrogen and oxygen atoms in total. The number of rotatable bonds is 5. The van der Waals surface area contributed by atoms with Gasteiger partial charge in [0.1, 0.15) is 18.3 Å². The summed E-state index contributed by atoms with van der Waals surface area (Å²) in [5.74, 6) is 1.16. The highest BCUT2D eigenvalue weighted by Gasteiger charge is 2.27. The molecule has 8 heteroatoms. The van der Waals surface area contributed by atoms with Crippen molar-refractivity contribution in [3.8, 4) is 11.5 Å². The molecule has 4 heterocycles. The molecule has 3 aromatic rings. The number of hydrogen-bond acceptors (Lipinski definition) is 7. The minimum atomic E-state index is 0.418. The van der Waals surface area contributed by atoms with Crippen LogP contribution in [0.2, 0.25) is 0 Å². The van der Waals surface area contributed by atoms with Crippen LogP contribution in [0.5, 0.6) is 0 Å². The molecule has 118 valence electrons. The Bertz CT molecular complexity index is 740. The average molecular weight is 311 g/mol. The first-order valence-corrected chi connectivity index (χ1v) is 7.69. The molecule has 3 aromatic heterocycles. The third-order valence-electron chi connectivity index (χ3n) is 4.06. The van der Waals surface area contributed by atoms with Crippen LogP contribution in [0, 0.1) is 0 Å². The molecule has 1 atom stereocenters. The number of nitrogens with zero attached hydrogens (tertiary/aromatic N) is 7. The fraction of sp³-hybridized carbons (Fsp3) is 0.400. The van der Waals surface area contributed by atoms with Crippen molar-refractivity contribution in [1.29, 1.82) is 0 Å². The topological polar surface area (TPSA) is 85.8 Å². The smallest absolute Gasteiger partial charge is 0.241 e. The first-order chi connectivity index (χ1) is 11.4. The molecule has 1 aliphatic rings. The molecular formula is C15H17N7O. The highest BCUT2D eigenvalue weighted by molar-refractivity contribution is 5.46. The van der Waals surface area contributed by atoms with Gasteiger partial charge >= 0.3 is 0 Å². The lowest BCUT2D eigenvalue weighted by atomic mass is 10.2. The maximum atomic E-state index is 5.39. The predicted octanol–water partition coefficient (Wildman–Crippen LogP) is 1.39. The van der Waals surface area contributed by atoms with Crippen molar-refractivity contribution in [3.63, 3.8) is 0 Å². The fourth-order valence-corrected chi connectivity index (χ4v) is 2.94. The van der Waals surface area contributed by atoms with Crippen molar-refractivity contribution in [2.75, 3.05) is 6.54 Å². The summed E-state index contributed by atoms with van der Waals surface area (Å²) in [6.07, 6.45) is 7.35. The zero-order valence-electron chi connectivity index (χ0n) is 12.6. The van der Waals surface area contributed by atoms with Crippen LogP contribution < -0.4 is 0 Å². The summed E-state index contributed by atoms with van der Waals surface area (Å²) in [7, 11) is 0. The molecule has 4 rings (SSSR count). The van der Waals surface area contributed by atoms with Gasteiger partial charge in [-0.15, -0.1) is 0 Å². The summed E-state index contributed by atoms with van der Waals surface area (Å²) in [6, 6.07) is 6.07. The van der Waals surface area contributed by atoms with Gasteiger partial charge in [-0.3, -0.25) is 14.6 Å². The van der Waals surface area contributed by atoms with Crippen molar-refractivity contribution in [3.05, 3.63) is 42.9 Å². The number of aromatic nitrogens is 6. The first kappa shape index (κ1) is 14.0. The van der Waals surface area contributed by atoms with E-state index >= 15 is 0 Å². The van der Waals surface area contributed by atoms with Crippen LogP contribution in [-0.4, -0.2) is 47.4 Å². The molecular weight excluding hydrogens is 294 g/mol. The van der Waals surface area contributed by atoms with Crippen molar-refractivity contribution in [2.45, 2.75) is 32.0 Å². The summed E-state index contributed by atoms with van der Waals surface area (Å²) < 4.78 is 7.26. The minimum absolute atomic E-state index is 0.418. The Balaban J connectivity index is 1.44. The Morgan fingerprint density at radius 2 is 2.30 bits per heavy atom. The second kappa shape index (κ2) is 6.25. The molecule has 0 bridgehead atoms. The van der Waals surface area contributed by atoms with Crippen LogP contribution in [0.3, 0.4) is 0 Å². The van der Waals surface area contributed by atoms with Crippen LogP contribution in [0.15, 0.2) is 41.6 Å². The molecule has 0 spiro atoms. The lowest BCUT2D eigenvalue weighted by molar-refractivity contribution is 0.192. The van der Waals surface area contributed by atoms with E-state index in [1.807, 2.05) is 22.9 Å². The van der Waals surface area contributed by atoms with Gasteiger partial charge in [0, 0.05) is 12.2 Å². The Morgan fingerprint density at radius 3 is 3.13 bits per heavy atom. The molecule has 1 aliphatic heterocycles. The largest absolute Gasteiger partial charge is 0.337 e. The van der Waals surface area contributed by atoms with Crippen molar-refractivity contribution < 1.29 is 4.52 Å². The Kier molecular flexibility index (Phi) is 3.81. The summed E-state index contributed by atoms with van der Waals surface area (Å²) in [6.45, 7) is 2.51. The van der Waals surface area contributed by atoms with E-state index in [9.17, 15) is 0 Å². The molecule has 23 heavy (non-hydrogen) atoms. The second-order valence-corrected chi connectivity index (χ2v) is 5.61. The highest BCUT2D eigenvalue weighted by Crippen LogP contribution is 2.21. The zero-order valence-corrected chi connectivity index (χ0v) is 12.6. The molecule has 0 unspecified atom stereocenters. The average Bonchev–Trinajstić information content (AvgIpc) is 3.33. The van der Waals surface area contributed by atoms with E-state index in [-0.39, 0.29) is 0 Å². The molecule has 0 amide bonds. The van der Waals surface area contributed by atoms with Gasteiger partial charge in [-0.25, -0.2) is 4.98 Å². The summed E-state index contributed by atoms with van der Waals surface area (Å²) in [4.78, 5) is 15.1. The second-order valence-electron chi connectivity index (χ2n) is 5.61. The van der Waals surface area contributed by atoms with E-state index in [4.69, 9.17) is 4.52 Å². The standard InChI is InChI=1S/C15H17N7O/c1-2-6-17-13(5-1)15-19-14(23-20-15)9-21-7-3-4-12(21)8-22-11-16-10-18-22/h1-2,5-6,10-12H,3-4,7-9H2/t12-/m1/s1. The quantitative estimate of drug-likeness (QED) is 0.703. The number of pyridine rings is 1. The fourth-order valence-electron chi connectivity index (χ4n) is 2.94. The number of likely N-dealkylation sites (tertiary alicyclic amines) is 1. The Morgan fingerprint density at radius 1 is 1.30 bits per heavy atom. The van der Waals surface area contributed by atoms with Gasteiger partial charge in [-0.05, 0) is 31.5 Å². The van der Waals surface area contributed by atoms with Crippen LogP contribution >= 0.6 is 0 Å². The Labute approximate surface area is 133 Å². The van der Waals surface area contributed by atoms with Gasteiger partial charge in [0.05, 0.1) is 13.1 Å². The Hall–Kier alpha value is -2.61. The predicted molar refractivity (Wildman–Crippen MR) is 81.0 cm³/mol. The molecule has 0 aliphatic carbocycles. The molecule has 0 radical (unpaired) electrons. The number of hydrogen-bond donors (Lipinski definition) is 0. The van der Waals surface area contributed by atoms with Gasteiger partial charge in [0.2, 0.25) is 11.7 Å². The van der Waals surface area contributed by atoms with Crippen LogP contribution in [0.4, 0.5) is 0 Å². The third kappa shape index (κ3) is 3.11. The van der Waals surface area contributed by atoms with Crippen LogP contribution in [0.25, 0.3) is 11.5 Å². The molecule has 0 N–H and O–H groups in total. The van der Waals surface area contributed by atoms with E-state index in [1.165, 1.54) is 6.42 Å². The van der Waals surface area contributed by atoms with Gasteiger partial charge in [-0.2, -0.15) is 10.1 Å². The zero-order chi connectivity index (χ0) is 15.5. The molecule has 1 fully saturated rings. The van der Waals surface area contributed by atoms with Crippen LogP contribution in [0.1, 0.15) is 18.7 Å². The first-order valence-electron chi connectivity index (χ1n) is 7.69. The van der Waals surface area contributed by atoms with Gasteiger partial charge in [0.15, 0.2) is 0 Å². The third-order valence-corrected chi connectivity index (χ3v) is 4.06. The van der Waals surface area contributed by atoms with Crippen molar-refractivity contribution in [1.82, 2.24) is 34.8 Å². The van der Waals surface area contributed by atoms with E-state index in [0.717, 1.165) is 25.2 Å². The van der Waals surface area contributed by atoms with Crippen LogP contribution in [-0.2, 0) is 13.1 Å². The monoisotopic (exact) mass is 311 g/mol. The summed E-state index contributed by atoms with van der Waals surface area (Å²) >= 11 is 0.